The average molecular weight is 352 g/mol. The number of Topliss-reactive ketones (excluding diaryl/α,β-unsaturated/α-hetero) is 1. The molecule has 1 nitrogen and oxygen atoms in total. The Bertz CT molecular complexity index is 899. The standard InChI is InChI=1S/C26H24O/c1-24-17-23(27)18-25(24,2)20-26(19-24,15-13-21-9-5-3-6-10-21)16-14-22-11-7-4-8-12-22/h3-12H,17-20H2,1-2H3. The van der Waals surface area contributed by atoms with E-state index in [9.17, 15) is 4.79 Å². The molecule has 1 heteroatoms. The second-order valence-electron chi connectivity index (χ2n) is 8.68. The van der Waals surface area contributed by atoms with Crippen LogP contribution in [0.4, 0.5) is 0 Å². The van der Waals surface area contributed by atoms with E-state index < -0.39 is 0 Å². The molecule has 2 unspecified atom stereocenters. The summed E-state index contributed by atoms with van der Waals surface area (Å²) < 4.78 is 0. The second kappa shape index (κ2) is 6.44. The molecule has 0 radical (unpaired) electrons. The highest BCUT2D eigenvalue weighted by atomic mass is 16.1. The van der Waals surface area contributed by atoms with E-state index in [0.717, 1.165) is 24.0 Å². The minimum atomic E-state index is -0.365. The second-order valence-corrected chi connectivity index (χ2v) is 8.68. The normalized spacial score (nSPS) is 27.9. The zero-order valence-electron chi connectivity index (χ0n) is 16.0. The molecule has 0 N–H and O–H groups in total. The highest BCUT2D eigenvalue weighted by Crippen LogP contribution is 2.66. The van der Waals surface area contributed by atoms with Crippen LogP contribution in [0.3, 0.4) is 0 Å². The lowest BCUT2D eigenvalue weighted by Crippen LogP contribution is -2.25. The minimum absolute atomic E-state index is 0.0131. The van der Waals surface area contributed by atoms with E-state index in [4.69, 9.17) is 0 Å². The Labute approximate surface area is 162 Å². The fourth-order valence-corrected chi connectivity index (χ4v) is 4.94. The third kappa shape index (κ3) is 3.31. The number of rotatable bonds is 0. The Morgan fingerprint density at radius 2 is 1.11 bits per heavy atom. The maximum absolute atomic E-state index is 12.2. The molecule has 0 bridgehead atoms. The van der Waals surface area contributed by atoms with E-state index in [2.05, 4.69) is 37.5 Å². The monoisotopic (exact) mass is 352 g/mol. The first-order valence-corrected chi connectivity index (χ1v) is 9.60. The molecule has 4 rings (SSSR count). The molecule has 0 heterocycles. The maximum atomic E-state index is 12.2. The van der Waals surface area contributed by atoms with Gasteiger partial charge in [0.25, 0.3) is 0 Å². The summed E-state index contributed by atoms with van der Waals surface area (Å²) in [6.07, 6.45) is 3.04. The van der Waals surface area contributed by atoms with Crippen LogP contribution in [0.5, 0.6) is 0 Å². The lowest BCUT2D eigenvalue weighted by atomic mass is 9.71. The van der Waals surface area contributed by atoms with Crippen molar-refractivity contribution in [2.75, 3.05) is 0 Å². The van der Waals surface area contributed by atoms with Crippen molar-refractivity contribution in [3.8, 4) is 23.7 Å². The van der Waals surface area contributed by atoms with Crippen LogP contribution in [0.15, 0.2) is 60.7 Å². The Morgan fingerprint density at radius 3 is 1.52 bits per heavy atom. The molecule has 2 fully saturated rings. The van der Waals surface area contributed by atoms with Gasteiger partial charge in [-0.3, -0.25) is 4.79 Å². The minimum Gasteiger partial charge on any atom is -0.300 e. The third-order valence-electron chi connectivity index (χ3n) is 6.46. The molecule has 134 valence electrons. The predicted molar refractivity (Wildman–Crippen MR) is 109 cm³/mol. The molecule has 27 heavy (non-hydrogen) atoms. The van der Waals surface area contributed by atoms with Gasteiger partial charge in [0, 0.05) is 24.0 Å². The first kappa shape index (κ1) is 17.6. The summed E-state index contributed by atoms with van der Waals surface area (Å²) in [5, 5.41) is 0. The Morgan fingerprint density at radius 1 is 0.704 bits per heavy atom. The summed E-state index contributed by atoms with van der Waals surface area (Å²) in [5.74, 6) is 14.2. The van der Waals surface area contributed by atoms with Crippen molar-refractivity contribution in [1.82, 2.24) is 0 Å². The van der Waals surface area contributed by atoms with E-state index in [1.54, 1.807) is 0 Å². The SMILES string of the molecule is CC12CC(=O)CC1(C)CC(C#Cc1ccccc1)(C#Cc1ccccc1)C2. The number of hydrogen-bond acceptors (Lipinski definition) is 1. The van der Waals surface area contributed by atoms with Crippen LogP contribution in [0.1, 0.15) is 50.7 Å². The van der Waals surface area contributed by atoms with Crippen molar-refractivity contribution >= 4 is 5.78 Å². The van der Waals surface area contributed by atoms with E-state index in [-0.39, 0.29) is 16.2 Å². The van der Waals surface area contributed by atoms with Gasteiger partial charge in [-0.15, -0.1) is 0 Å². The fourth-order valence-electron chi connectivity index (χ4n) is 4.94. The van der Waals surface area contributed by atoms with Crippen LogP contribution in [-0.4, -0.2) is 5.78 Å². The van der Waals surface area contributed by atoms with Gasteiger partial charge < -0.3 is 0 Å². The largest absolute Gasteiger partial charge is 0.300 e. The number of fused-ring (bicyclic) bond motifs is 1. The molecule has 0 amide bonds. The van der Waals surface area contributed by atoms with E-state index in [1.807, 2.05) is 60.7 Å². The first-order valence-electron chi connectivity index (χ1n) is 9.60. The van der Waals surface area contributed by atoms with Crippen LogP contribution < -0.4 is 0 Å². The van der Waals surface area contributed by atoms with Gasteiger partial charge >= 0.3 is 0 Å². The molecule has 2 atom stereocenters. The molecular weight excluding hydrogens is 328 g/mol. The molecule has 2 saturated carbocycles. The molecule has 2 aliphatic rings. The van der Waals surface area contributed by atoms with Gasteiger partial charge in [-0.25, -0.2) is 0 Å². The van der Waals surface area contributed by atoms with E-state index in [1.165, 1.54) is 0 Å². The molecule has 2 aromatic rings. The van der Waals surface area contributed by atoms with Crippen LogP contribution in [0, 0.1) is 39.9 Å². The summed E-state index contributed by atoms with van der Waals surface area (Å²) in [5.41, 5.74) is 1.64. The van der Waals surface area contributed by atoms with Gasteiger partial charge in [-0.2, -0.15) is 0 Å². The van der Waals surface area contributed by atoms with E-state index >= 15 is 0 Å². The average Bonchev–Trinajstić information content (AvgIpc) is 3.00. The Kier molecular flexibility index (Phi) is 4.20. The van der Waals surface area contributed by atoms with Gasteiger partial charge in [-0.05, 0) is 47.9 Å². The van der Waals surface area contributed by atoms with Crippen LogP contribution in [0.25, 0.3) is 0 Å². The van der Waals surface area contributed by atoms with Gasteiger partial charge in [0.2, 0.25) is 0 Å². The van der Waals surface area contributed by atoms with Gasteiger partial charge in [0.1, 0.15) is 5.78 Å². The summed E-state index contributed by atoms with van der Waals surface area (Å²) >= 11 is 0. The third-order valence-corrected chi connectivity index (χ3v) is 6.46. The molecule has 0 spiro atoms. The quantitative estimate of drug-likeness (QED) is 0.592. The molecule has 2 aliphatic carbocycles. The molecule has 2 aromatic carbocycles. The highest BCUT2D eigenvalue weighted by molar-refractivity contribution is 5.83. The van der Waals surface area contributed by atoms with Crippen molar-refractivity contribution < 1.29 is 4.79 Å². The van der Waals surface area contributed by atoms with Crippen molar-refractivity contribution in [1.29, 1.82) is 0 Å². The van der Waals surface area contributed by atoms with Crippen LogP contribution in [0.2, 0.25) is 0 Å². The summed E-state index contributed by atoms with van der Waals surface area (Å²) in [7, 11) is 0. The number of benzene rings is 2. The van der Waals surface area contributed by atoms with Gasteiger partial charge in [-0.1, -0.05) is 73.9 Å². The van der Waals surface area contributed by atoms with E-state index in [0.29, 0.717) is 18.6 Å². The number of ketones is 1. The van der Waals surface area contributed by atoms with Gasteiger partial charge in [0.05, 0.1) is 5.41 Å². The number of hydrogen-bond donors (Lipinski definition) is 0. The first-order chi connectivity index (χ1) is 12.9. The summed E-state index contributed by atoms with van der Waals surface area (Å²) in [4.78, 5) is 12.2. The zero-order valence-corrected chi connectivity index (χ0v) is 16.0. The summed E-state index contributed by atoms with van der Waals surface area (Å²) in [6.45, 7) is 4.52. The zero-order chi connectivity index (χ0) is 19.0. The van der Waals surface area contributed by atoms with Crippen LogP contribution >= 0.6 is 0 Å². The number of carbonyl (C=O) groups excluding carboxylic acids is 1. The predicted octanol–water partition coefficient (Wildman–Crippen LogP) is 5.25. The van der Waals surface area contributed by atoms with Crippen molar-refractivity contribution in [2.45, 2.75) is 39.5 Å². The van der Waals surface area contributed by atoms with Crippen LogP contribution in [-0.2, 0) is 4.79 Å². The molecular formula is C26H24O. The maximum Gasteiger partial charge on any atom is 0.134 e. The van der Waals surface area contributed by atoms with Gasteiger partial charge in [0.15, 0.2) is 0 Å². The number of carbonyl (C=O) groups is 1. The lowest BCUT2D eigenvalue weighted by Gasteiger charge is -2.32. The highest BCUT2D eigenvalue weighted by Gasteiger charge is 2.62. The Balaban J connectivity index is 1.75. The Hall–Kier alpha value is -2.77. The summed E-state index contributed by atoms with van der Waals surface area (Å²) in [6, 6.07) is 20.2. The smallest absolute Gasteiger partial charge is 0.134 e. The molecule has 0 aromatic heterocycles. The van der Waals surface area contributed by atoms with Crippen molar-refractivity contribution in [3.63, 3.8) is 0 Å². The fraction of sp³-hybridized carbons (Fsp3) is 0.346. The van der Waals surface area contributed by atoms with Crippen molar-refractivity contribution in [2.24, 2.45) is 16.2 Å². The molecule has 0 aliphatic heterocycles. The lowest BCUT2D eigenvalue weighted by molar-refractivity contribution is -0.118. The molecule has 0 saturated heterocycles. The topological polar surface area (TPSA) is 17.1 Å². The van der Waals surface area contributed by atoms with Crippen molar-refractivity contribution in [3.05, 3.63) is 71.8 Å².